The van der Waals surface area contributed by atoms with Gasteiger partial charge in [-0.25, -0.2) is 4.98 Å². The minimum atomic E-state index is 0.733. The molecule has 1 aromatic heterocycles. The predicted octanol–water partition coefficient (Wildman–Crippen LogP) is 4.57. The van der Waals surface area contributed by atoms with E-state index in [4.69, 9.17) is 4.74 Å². The van der Waals surface area contributed by atoms with Crippen LogP contribution in [0.25, 0.3) is 0 Å². The van der Waals surface area contributed by atoms with Crippen molar-refractivity contribution in [3.8, 4) is 5.75 Å². The van der Waals surface area contributed by atoms with E-state index >= 15 is 0 Å². The molecule has 1 aliphatic carbocycles. The zero-order valence-corrected chi connectivity index (χ0v) is 15.0. The van der Waals surface area contributed by atoms with Gasteiger partial charge in [0.1, 0.15) is 11.6 Å². The molecule has 1 saturated carbocycles. The lowest BCUT2D eigenvalue weighted by molar-refractivity contribution is 0.414. The van der Waals surface area contributed by atoms with Crippen molar-refractivity contribution in [2.24, 2.45) is 0 Å². The second-order valence-electron chi connectivity index (χ2n) is 7.14. The van der Waals surface area contributed by atoms with Gasteiger partial charge in [0.25, 0.3) is 0 Å². The summed E-state index contributed by atoms with van der Waals surface area (Å²) in [6.07, 6.45) is 8.55. The van der Waals surface area contributed by atoms with Crippen molar-refractivity contribution in [2.75, 3.05) is 30.4 Å². The van der Waals surface area contributed by atoms with Crippen LogP contribution in [-0.2, 0) is 6.54 Å². The topological polar surface area (TPSA) is 37.4 Å². The minimum Gasteiger partial charge on any atom is -0.497 e. The zero-order valence-electron chi connectivity index (χ0n) is 15.0. The lowest BCUT2D eigenvalue weighted by atomic mass is 10.0. The molecule has 0 bridgehead atoms. The maximum Gasteiger partial charge on any atom is 0.126 e. The Kier molecular flexibility index (Phi) is 4.77. The Morgan fingerprint density at radius 3 is 2.64 bits per heavy atom. The average molecular weight is 337 g/mol. The fourth-order valence-electron chi connectivity index (χ4n) is 3.67. The first-order valence-electron chi connectivity index (χ1n) is 9.45. The van der Waals surface area contributed by atoms with E-state index in [0.29, 0.717) is 0 Å². The molecule has 2 aliphatic rings. The second kappa shape index (κ2) is 7.34. The summed E-state index contributed by atoms with van der Waals surface area (Å²) in [5, 5.41) is 3.48. The van der Waals surface area contributed by atoms with E-state index in [1.807, 2.05) is 6.20 Å². The summed E-state index contributed by atoms with van der Waals surface area (Å²) in [7, 11) is 1.73. The number of piperidine rings is 1. The molecule has 1 aliphatic heterocycles. The number of rotatable bonds is 6. The number of benzene rings is 1. The third-order valence-electron chi connectivity index (χ3n) is 5.30. The highest BCUT2D eigenvalue weighted by Crippen LogP contribution is 2.42. The summed E-state index contributed by atoms with van der Waals surface area (Å²) in [5.41, 5.74) is 4.02. The Labute approximate surface area is 150 Å². The Hall–Kier alpha value is -2.23. The lowest BCUT2D eigenvalue weighted by Gasteiger charge is -2.28. The van der Waals surface area contributed by atoms with E-state index in [-0.39, 0.29) is 0 Å². The summed E-state index contributed by atoms with van der Waals surface area (Å²) in [5.74, 6) is 2.59. The Bertz CT molecular complexity index is 704. The predicted molar refractivity (Wildman–Crippen MR) is 103 cm³/mol. The number of anilines is 2. The molecule has 0 amide bonds. The van der Waals surface area contributed by atoms with Crippen molar-refractivity contribution in [3.63, 3.8) is 0 Å². The Morgan fingerprint density at radius 1 is 1.12 bits per heavy atom. The zero-order chi connectivity index (χ0) is 17.1. The molecule has 0 spiro atoms. The molecule has 2 aromatic rings. The Balaban J connectivity index is 1.42. The van der Waals surface area contributed by atoms with Crippen molar-refractivity contribution < 1.29 is 4.74 Å². The summed E-state index contributed by atoms with van der Waals surface area (Å²) < 4.78 is 5.40. The van der Waals surface area contributed by atoms with Crippen LogP contribution in [0, 0.1) is 0 Å². The molecular formula is C21H27N3O. The van der Waals surface area contributed by atoms with E-state index in [0.717, 1.165) is 37.1 Å². The number of nitrogens with zero attached hydrogens (tertiary/aromatic N) is 2. The van der Waals surface area contributed by atoms with Crippen molar-refractivity contribution in [1.29, 1.82) is 0 Å². The number of nitrogens with one attached hydrogen (secondary N) is 1. The summed E-state index contributed by atoms with van der Waals surface area (Å²) in [4.78, 5) is 7.06. The number of pyridine rings is 1. The third-order valence-corrected chi connectivity index (χ3v) is 5.30. The van der Waals surface area contributed by atoms with Gasteiger partial charge in [-0.15, -0.1) is 0 Å². The molecule has 2 heterocycles. The molecule has 1 aromatic carbocycles. The number of methoxy groups -OCH3 is 1. The van der Waals surface area contributed by atoms with Gasteiger partial charge < -0.3 is 15.0 Å². The SMILES string of the molecule is COc1ccc(C2CC2)c(CNc2ccc(N3CCCCC3)cn2)c1. The molecule has 2 fully saturated rings. The number of aromatic nitrogens is 1. The molecular weight excluding hydrogens is 310 g/mol. The van der Waals surface area contributed by atoms with E-state index in [2.05, 4.69) is 45.5 Å². The van der Waals surface area contributed by atoms with Gasteiger partial charge >= 0.3 is 0 Å². The summed E-state index contributed by atoms with van der Waals surface area (Å²) in [6.45, 7) is 3.10. The molecule has 0 unspecified atom stereocenters. The lowest BCUT2D eigenvalue weighted by Crippen LogP contribution is -2.29. The van der Waals surface area contributed by atoms with Crippen LogP contribution in [-0.4, -0.2) is 25.2 Å². The van der Waals surface area contributed by atoms with Gasteiger partial charge in [-0.1, -0.05) is 6.07 Å². The standard InChI is InChI=1S/C21H27N3O/c1-25-19-8-9-20(16-5-6-16)17(13-19)14-22-21-10-7-18(15-23-21)24-11-3-2-4-12-24/h7-10,13,15-16H,2-6,11-12,14H2,1H3,(H,22,23). The van der Waals surface area contributed by atoms with Gasteiger partial charge in [0.15, 0.2) is 0 Å². The van der Waals surface area contributed by atoms with Crippen LogP contribution in [0.15, 0.2) is 36.5 Å². The monoisotopic (exact) mass is 337 g/mol. The van der Waals surface area contributed by atoms with Crippen LogP contribution >= 0.6 is 0 Å². The van der Waals surface area contributed by atoms with Gasteiger partial charge in [0.05, 0.1) is 19.0 Å². The molecule has 25 heavy (non-hydrogen) atoms. The molecule has 0 radical (unpaired) electrons. The maximum atomic E-state index is 5.40. The van der Waals surface area contributed by atoms with E-state index in [1.54, 1.807) is 7.11 Å². The summed E-state index contributed by atoms with van der Waals surface area (Å²) in [6, 6.07) is 10.7. The highest BCUT2D eigenvalue weighted by atomic mass is 16.5. The first kappa shape index (κ1) is 16.2. The second-order valence-corrected chi connectivity index (χ2v) is 7.14. The molecule has 4 rings (SSSR count). The highest BCUT2D eigenvalue weighted by Gasteiger charge is 2.26. The van der Waals surface area contributed by atoms with Gasteiger partial charge in [-0.05, 0) is 73.4 Å². The van der Waals surface area contributed by atoms with E-state index < -0.39 is 0 Å². The third kappa shape index (κ3) is 3.89. The van der Waals surface area contributed by atoms with E-state index in [9.17, 15) is 0 Å². The van der Waals surface area contributed by atoms with Crippen molar-refractivity contribution in [3.05, 3.63) is 47.7 Å². The molecule has 132 valence electrons. The highest BCUT2D eigenvalue weighted by molar-refractivity contribution is 5.50. The van der Waals surface area contributed by atoms with Gasteiger partial charge in [-0.3, -0.25) is 0 Å². The normalized spacial score (nSPS) is 17.4. The first-order valence-corrected chi connectivity index (χ1v) is 9.45. The smallest absolute Gasteiger partial charge is 0.126 e. The molecule has 4 heteroatoms. The fourth-order valence-corrected chi connectivity index (χ4v) is 3.67. The van der Waals surface area contributed by atoms with Crippen molar-refractivity contribution in [2.45, 2.75) is 44.6 Å². The van der Waals surface area contributed by atoms with Crippen LogP contribution in [0.5, 0.6) is 5.75 Å². The summed E-state index contributed by atoms with van der Waals surface area (Å²) >= 11 is 0. The van der Waals surface area contributed by atoms with Gasteiger partial charge in [0, 0.05) is 19.6 Å². The largest absolute Gasteiger partial charge is 0.497 e. The van der Waals surface area contributed by atoms with Crippen molar-refractivity contribution in [1.82, 2.24) is 4.98 Å². The average Bonchev–Trinajstić information content (AvgIpc) is 3.52. The molecule has 1 saturated heterocycles. The van der Waals surface area contributed by atoms with Crippen LogP contribution in [0.3, 0.4) is 0 Å². The minimum absolute atomic E-state index is 0.733. The van der Waals surface area contributed by atoms with Gasteiger partial charge in [-0.2, -0.15) is 0 Å². The van der Waals surface area contributed by atoms with Crippen LogP contribution < -0.4 is 15.0 Å². The van der Waals surface area contributed by atoms with E-state index in [1.165, 1.54) is 48.9 Å². The molecule has 1 N–H and O–H groups in total. The number of ether oxygens (including phenoxy) is 1. The molecule has 0 atom stereocenters. The van der Waals surface area contributed by atoms with Crippen LogP contribution in [0.1, 0.15) is 49.1 Å². The molecule has 4 nitrogen and oxygen atoms in total. The van der Waals surface area contributed by atoms with Gasteiger partial charge in [0.2, 0.25) is 0 Å². The Morgan fingerprint density at radius 2 is 1.96 bits per heavy atom. The number of hydrogen-bond donors (Lipinski definition) is 1. The van der Waals surface area contributed by atoms with Crippen LogP contribution in [0.2, 0.25) is 0 Å². The fraction of sp³-hybridized carbons (Fsp3) is 0.476. The first-order chi connectivity index (χ1) is 12.3. The maximum absolute atomic E-state index is 5.40. The van der Waals surface area contributed by atoms with Crippen LogP contribution in [0.4, 0.5) is 11.5 Å². The number of hydrogen-bond acceptors (Lipinski definition) is 4. The quantitative estimate of drug-likeness (QED) is 0.838. The van der Waals surface area contributed by atoms with Crippen molar-refractivity contribution >= 4 is 11.5 Å².